The lowest BCUT2D eigenvalue weighted by Crippen LogP contribution is -2.60. The van der Waals surface area contributed by atoms with E-state index < -0.39 is 0 Å². The summed E-state index contributed by atoms with van der Waals surface area (Å²) in [5.41, 5.74) is 17.3. The molecule has 13 rings (SSSR count). The molecule has 6 heterocycles. The van der Waals surface area contributed by atoms with Crippen LogP contribution in [-0.4, -0.2) is 11.4 Å². The Morgan fingerprint density at radius 3 is 1.94 bits per heavy atom. The fourth-order valence-electron chi connectivity index (χ4n) is 10.7. The van der Waals surface area contributed by atoms with Gasteiger partial charge in [0.25, 0.3) is 0 Å². The van der Waals surface area contributed by atoms with Gasteiger partial charge in [-0.1, -0.05) is 123 Å². The molecule has 0 radical (unpaired) electrons. The lowest BCUT2D eigenvalue weighted by Gasteiger charge is -2.40. The molecular weight excluding hydrogens is 776 g/mol. The summed E-state index contributed by atoms with van der Waals surface area (Å²) < 4.78 is 19.1. The van der Waals surface area contributed by atoms with Crippen molar-refractivity contribution in [1.82, 2.24) is 4.57 Å². The molecule has 6 heteroatoms. The van der Waals surface area contributed by atoms with Crippen molar-refractivity contribution >= 4 is 116 Å². The van der Waals surface area contributed by atoms with Gasteiger partial charge in [0.1, 0.15) is 22.4 Å². The van der Waals surface area contributed by atoms with Crippen molar-refractivity contribution in [3.63, 3.8) is 0 Å². The van der Waals surface area contributed by atoms with E-state index in [0.717, 1.165) is 55.5 Å². The summed E-state index contributed by atoms with van der Waals surface area (Å²) in [4.78, 5) is 2.60. The molecule has 2 aliphatic rings. The Bertz CT molecular complexity index is 3760. The summed E-state index contributed by atoms with van der Waals surface area (Å²) >= 11 is 1.91. The third-order valence-corrected chi connectivity index (χ3v) is 15.2. The minimum absolute atomic E-state index is 0.0270. The Morgan fingerprint density at radius 1 is 0.484 bits per heavy atom. The van der Waals surface area contributed by atoms with Crippen LogP contribution in [0.4, 0.5) is 11.4 Å². The molecule has 302 valence electrons. The first-order valence-electron chi connectivity index (χ1n) is 22.0. The Labute approximate surface area is 365 Å². The van der Waals surface area contributed by atoms with Crippen molar-refractivity contribution in [2.75, 3.05) is 4.81 Å². The van der Waals surface area contributed by atoms with Crippen LogP contribution >= 0.6 is 11.3 Å². The van der Waals surface area contributed by atoms with E-state index in [9.17, 15) is 0 Å². The highest BCUT2D eigenvalue weighted by Gasteiger charge is 2.47. The Balaban J connectivity index is 1.19. The topological polar surface area (TPSA) is 34.5 Å². The number of fused-ring (bicyclic) bond motifs is 16. The molecule has 4 aromatic heterocycles. The van der Waals surface area contributed by atoms with Gasteiger partial charge >= 0.3 is 6.85 Å². The SMILES string of the molecule is CC(C)(C)c1ccc(N2B3c4oc5ccc(C(C)(C)C)cc5c4-n4c5cc6oc7ccccc7c6cc5c5ccc(c3c54)-c3cc4c(cc32)sc2cc(C(C)(C)C)ccc24)cc1. The lowest BCUT2D eigenvalue weighted by atomic mass is 9.46. The first-order valence-corrected chi connectivity index (χ1v) is 22.8. The van der Waals surface area contributed by atoms with Crippen LogP contribution in [0.5, 0.6) is 0 Å². The maximum Gasteiger partial charge on any atom is 0.375 e. The van der Waals surface area contributed by atoms with Crippen molar-refractivity contribution in [2.24, 2.45) is 0 Å². The van der Waals surface area contributed by atoms with Gasteiger partial charge in [0, 0.05) is 70.1 Å². The van der Waals surface area contributed by atoms with Gasteiger partial charge in [0.05, 0.1) is 16.7 Å². The largest absolute Gasteiger partial charge is 0.466 e. The quantitative estimate of drug-likeness (QED) is 0.155. The van der Waals surface area contributed by atoms with Gasteiger partial charge in [0.2, 0.25) is 0 Å². The Hall–Kier alpha value is -6.24. The number of para-hydroxylation sites is 1. The van der Waals surface area contributed by atoms with Crippen molar-refractivity contribution in [2.45, 2.75) is 78.6 Å². The molecule has 0 bridgehead atoms. The number of hydrogen-bond acceptors (Lipinski definition) is 4. The highest BCUT2D eigenvalue weighted by molar-refractivity contribution is 7.25. The molecule has 0 amide bonds. The molecule has 0 unspecified atom stereocenters. The Kier molecular flexibility index (Phi) is 6.94. The van der Waals surface area contributed by atoms with Gasteiger partial charge in [-0.2, -0.15) is 0 Å². The zero-order chi connectivity index (χ0) is 42.4. The van der Waals surface area contributed by atoms with Crippen LogP contribution in [0, 0.1) is 0 Å². The van der Waals surface area contributed by atoms with E-state index in [1.54, 1.807) is 0 Å². The summed E-state index contributed by atoms with van der Waals surface area (Å²) in [7, 11) is 0. The van der Waals surface area contributed by atoms with Crippen molar-refractivity contribution in [1.29, 1.82) is 0 Å². The van der Waals surface area contributed by atoms with Crippen LogP contribution in [0.3, 0.4) is 0 Å². The zero-order valence-corrected chi connectivity index (χ0v) is 37.6. The predicted molar refractivity (Wildman–Crippen MR) is 266 cm³/mol. The molecule has 62 heavy (non-hydrogen) atoms. The van der Waals surface area contributed by atoms with Gasteiger partial charge < -0.3 is 18.2 Å². The molecule has 0 spiro atoms. The number of hydrogen-bond donors (Lipinski definition) is 0. The van der Waals surface area contributed by atoms with E-state index in [1.807, 2.05) is 11.3 Å². The summed E-state index contributed by atoms with van der Waals surface area (Å²) in [5.74, 6) is 0. The molecule has 4 nitrogen and oxygen atoms in total. The minimum atomic E-state index is -0.220. The van der Waals surface area contributed by atoms with E-state index in [4.69, 9.17) is 8.83 Å². The summed E-state index contributed by atoms with van der Waals surface area (Å²) in [6.07, 6.45) is 0. The number of nitrogens with zero attached hydrogens (tertiary/aromatic N) is 2. The number of furan rings is 2. The van der Waals surface area contributed by atoms with Gasteiger partial charge in [-0.25, -0.2) is 0 Å². The maximum atomic E-state index is 7.33. The normalized spacial score (nSPS) is 14.1. The molecule has 0 saturated heterocycles. The fourth-order valence-corrected chi connectivity index (χ4v) is 11.9. The highest BCUT2D eigenvalue weighted by Crippen LogP contribution is 2.50. The van der Waals surface area contributed by atoms with Crippen LogP contribution < -0.4 is 15.9 Å². The molecule has 0 aliphatic carbocycles. The van der Waals surface area contributed by atoms with Crippen LogP contribution in [0.25, 0.3) is 91.7 Å². The molecule has 0 saturated carbocycles. The molecule has 11 aromatic rings. The van der Waals surface area contributed by atoms with Crippen molar-refractivity contribution in [3.05, 3.63) is 138 Å². The molecule has 0 fully saturated rings. The second-order valence-corrected chi connectivity index (χ2v) is 22.1. The average Bonchev–Trinajstić information content (AvgIpc) is 3.98. The third-order valence-electron chi connectivity index (χ3n) is 14.0. The second kappa shape index (κ2) is 11.8. The van der Waals surface area contributed by atoms with Crippen LogP contribution in [0.2, 0.25) is 0 Å². The van der Waals surface area contributed by atoms with Crippen molar-refractivity contribution in [3.8, 4) is 16.8 Å². The smallest absolute Gasteiger partial charge is 0.375 e. The molecule has 0 N–H and O–H groups in total. The van der Waals surface area contributed by atoms with E-state index in [2.05, 4.69) is 193 Å². The van der Waals surface area contributed by atoms with Gasteiger partial charge in [-0.05, 0) is 98.6 Å². The van der Waals surface area contributed by atoms with E-state index in [-0.39, 0.29) is 23.1 Å². The number of thiophene rings is 1. The average molecular weight is 823 g/mol. The number of anilines is 2. The maximum absolute atomic E-state index is 7.33. The van der Waals surface area contributed by atoms with Crippen LogP contribution in [0.1, 0.15) is 79.0 Å². The fraction of sp³-hybridized carbons (Fsp3) is 0.214. The standard InChI is InChI=1S/C56H47BN2O2S/c1-54(2,3)30-14-18-33(19-15-30)59-44-29-49-41(35-20-16-32(56(7,8)9)25-48(35)62-49)27-38(44)36-21-22-37-39-26-40-34-12-10-11-13-45(34)60-47(40)28-43(39)58-51(37)50(36)57(59)53-52(58)42-24-31(55(4,5)6)17-23-46(42)61-53/h10-29H,1-9H3. The van der Waals surface area contributed by atoms with Crippen LogP contribution in [0.15, 0.2) is 130 Å². The van der Waals surface area contributed by atoms with Crippen LogP contribution in [-0.2, 0) is 16.2 Å². The molecule has 0 atom stereocenters. The molecular formula is C56H47BN2O2S. The van der Waals surface area contributed by atoms with E-state index >= 15 is 0 Å². The predicted octanol–water partition coefficient (Wildman–Crippen LogP) is 14.9. The van der Waals surface area contributed by atoms with E-state index in [1.165, 1.54) is 75.4 Å². The third kappa shape index (κ3) is 4.85. The monoisotopic (exact) mass is 822 g/mol. The number of aromatic nitrogens is 1. The summed E-state index contributed by atoms with van der Waals surface area (Å²) in [6.45, 7) is 20.5. The van der Waals surface area contributed by atoms with Gasteiger partial charge in [-0.3, -0.25) is 0 Å². The second-order valence-electron chi connectivity index (χ2n) is 21.0. The zero-order valence-electron chi connectivity index (χ0n) is 36.7. The van der Waals surface area contributed by atoms with Gasteiger partial charge in [-0.15, -0.1) is 11.3 Å². The minimum Gasteiger partial charge on any atom is -0.466 e. The Morgan fingerprint density at radius 2 is 1.16 bits per heavy atom. The first-order chi connectivity index (χ1) is 29.6. The number of benzene rings is 7. The number of rotatable bonds is 1. The molecule has 2 aliphatic heterocycles. The molecule has 7 aromatic carbocycles. The highest BCUT2D eigenvalue weighted by atomic mass is 32.1. The first kappa shape index (κ1) is 36.4. The van der Waals surface area contributed by atoms with E-state index in [0.29, 0.717) is 0 Å². The summed E-state index contributed by atoms with van der Waals surface area (Å²) in [5, 5.41) is 8.50. The van der Waals surface area contributed by atoms with Gasteiger partial charge in [0.15, 0.2) is 0 Å². The summed E-state index contributed by atoms with van der Waals surface area (Å²) in [6, 6.07) is 46.1. The van der Waals surface area contributed by atoms with Crippen molar-refractivity contribution < 1.29 is 8.83 Å². The lowest BCUT2D eigenvalue weighted by molar-refractivity contribution is 0.590.